The minimum Gasteiger partial charge on any atom is -0.491 e. The third-order valence-corrected chi connectivity index (χ3v) is 13.1. The Hall–Kier alpha value is -4.89. The predicted molar refractivity (Wildman–Crippen MR) is 208 cm³/mol. The molecule has 0 amide bonds. The van der Waals surface area contributed by atoms with E-state index < -0.39 is 5.97 Å². The van der Waals surface area contributed by atoms with Crippen LogP contribution < -0.4 is 15.0 Å². The number of aryl methyl sites for hydroxylation is 1. The van der Waals surface area contributed by atoms with Gasteiger partial charge in [-0.15, -0.1) is 21.5 Å². The number of aromatic nitrogens is 4. The highest BCUT2D eigenvalue weighted by Crippen LogP contribution is 2.73. The van der Waals surface area contributed by atoms with Crippen molar-refractivity contribution < 1.29 is 19.0 Å². The molecule has 0 radical (unpaired) electrons. The summed E-state index contributed by atoms with van der Waals surface area (Å²) < 4.78 is 22.2. The van der Waals surface area contributed by atoms with Gasteiger partial charge in [0.2, 0.25) is 0 Å². The van der Waals surface area contributed by atoms with Crippen LogP contribution in [0, 0.1) is 18.2 Å². The molecular formula is C38H41FN10O3S2. The Morgan fingerprint density at radius 1 is 1.17 bits per heavy atom. The van der Waals surface area contributed by atoms with Crippen LogP contribution in [0.2, 0.25) is 0 Å². The minimum atomic E-state index is -1.09. The molecule has 0 saturated heterocycles. The van der Waals surface area contributed by atoms with E-state index in [0.717, 1.165) is 83.7 Å². The summed E-state index contributed by atoms with van der Waals surface area (Å²) in [6.07, 6.45) is 6.63. The van der Waals surface area contributed by atoms with Crippen LogP contribution >= 0.6 is 22.7 Å². The average Bonchev–Trinajstić information content (AvgIpc) is 3.75. The molecule has 2 aromatic carbocycles. The second-order valence-electron chi connectivity index (χ2n) is 14.9. The second-order valence-corrected chi connectivity index (χ2v) is 17.0. The fourth-order valence-electron chi connectivity index (χ4n) is 8.65. The van der Waals surface area contributed by atoms with Gasteiger partial charge >= 0.3 is 5.97 Å². The third kappa shape index (κ3) is 6.94. The SMILES string of the molecule is Cc1c(Nc2nc3ccccc3s2)nnc2c1CCCN2c1nc(C(=O)O)c(CCCOc2ccc(C34CC(CN(C)CCCN=[N+]=[N-])(C3)C4)cc2F)s1. The van der Waals surface area contributed by atoms with E-state index in [2.05, 4.69) is 47.5 Å². The fraction of sp³-hybridized carbons (Fsp3) is 0.447. The number of thiazole rings is 2. The molecule has 2 N–H and O–H groups in total. The number of rotatable bonds is 16. The van der Waals surface area contributed by atoms with Crippen molar-refractivity contribution >= 4 is 60.8 Å². The lowest BCUT2D eigenvalue weighted by Crippen LogP contribution is -2.67. The lowest BCUT2D eigenvalue weighted by molar-refractivity contribution is -0.153. The van der Waals surface area contributed by atoms with Crippen LogP contribution in [0.15, 0.2) is 47.6 Å². The number of fused-ring (bicyclic) bond motifs is 2. The molecule has 0 atom stereocenters. The Bertz CT molecular complexity index is 2220. The summed E-state index contributed by atoms with van der Waals surface area (Å²) in [5.41, 5.74) is 12.8. The number of nitrogens with one attached hydrogen (secondary N) is 1. The van der Waals surface area contributed by atoms with E-state index in [4.69, 9.17) is 10.3 Å². The third-order valence-electron chi connectivity index (χ3n) is 11.0. The number of anilines is 4. The number of carboxylic acids is 1. The average molecular weight is 769 g/mol. The van der Waals surface area contributed by atoms with Crippen LogP contribution in [0.1, 0.15) is 70.6 Å². The number of halogens is 1. The van der Waals surface area contributed by atoms with E-state index in [1.165, 1.54) is 11.3 Å². The van der Waals surface area contributed by atoms with Crippen LogP contribution in [0.4, 0.5) is 26.3 Å². The predicted octanol–water partition coefficient (Wildman–Crippen LogP) is 8.58. The number of hydrogen-bond acceptors (Lipinski definition) is 12. The van der Waals surface area contributed by atoms with Gasteiger partial charge in [0.05, 0.1) is 16.8 Å². The summed E-state index contributed by atoms with van der Waals surface area (Å²) in [6.45, 7) is 5.32. The molecule has 0 spiro atoms. The lowest BCUT2D eigenvalue weighted by atomic mass is 9.33. The maximum atomic E-state index is 15.2. The number of aromatic carboxylic acids is 1. The first-order chi connectivity index (χ1) is 26.2. The van der Waals surface area contributed by atoms with Gasteiger partial charge in [-0.1, -0.05) is 34.7 Å². The Kier molecular flexibility index (Phi) is 9.86. The van der Waals surface area contributed by atoms with E-state index in [0.29, 0.717) is 53.0 Å². The van der Waals surface area contributed by atoms with Crippen molar-refractivity contribution in [2.24, 2.45) is 10.5 Å². The normalized spacial score (nSPS) is 19.9. The number of nitrogens with zero attached hydrogens (tertiary/aromatic N) is 9. The van der Waals surface area contributed by atoms with Crippen LogP contribution in [-0.2, 0) is 18.3 Å². The van der Waals surface area contributed by atoms with Crippen molar-refractivity contribution in [2.75, 3.05) is 50.1 Å². The molecule has 13 nitrogen and oxygen atoms in total. The molecule has 280 valence electrons. The molecule has 2 bridgehead atoms. The topological polar surface area (TPSA) is 165 Å². The first-order valence-electron chi connectivity index (χ1n) is 18.3. The van der Waals surface area contributed by atoms with Crippen LogP contribution in [0.25, 0.3) is 20.7 Å². The van der Waals surface area contributed by atoms with E-state index in [1.807, 2.05) is 42.2 Å². The summed E-state index contributed by atoms with van der Waals surface area (Å²) in [7, 11) is 2.11. The maximum absolute atomic E-state index is 15.2. The monoisotopic (exact) mass is 768 g/mol. The van der Waals surface area contributed by atoms with E-state index >= 15 is 4.39 Å². The maximum Gasteiger partial charge on any atom is 0.355 e. The lowest BCUT2D eigenvalue weighted by Gasteiger charge is -2.72. The molecule has 5 aromatic rings. The summed E-state index contributed by atoms with van der Waals surface area (Å²) in [5, 5.41) is 27.4. The smallest absolute Gasteiger partial charge is 0.355 e. The standard InChI is InChI=1S/C38H41FN10O3S2/c1-23-25-8-5-16-49(33(25)46-45-32(23)44-35-42-27-9-3-4-10-29(27)53-35)36-43-31(34(50)51)30(54-36)11-6-17-52-28-13-12-24(18-26(28)39)38-19-37(20-38,21-38)22-48(2)15-7-14-41-47-40/h3-4,9-10,12-13,18H,5-8,11,14-17,19-22H2,1-2H3,(H,50,51)(H,42,44,45). The summed E-state index contributed by atoms with van der Waals surface area (Å²) in [4.78, 5) is 29.2. The number of para-hydroxylation sites is 1. The molecule has 54 heavy (non-hydrogen) atoms. The van der Waals surface area contributed by atoms with Crippen molar-refractivity contribution in [3.05, 3.63) is 86.0 Å². The summed E-state index contributed by atoms with van der Waals surface area (Å²) in [5.74, 6) is 0.0895. The Balaban J connectivity index is 0.870. The number of carbonyl (C=O) groups is 1. The van der Waals surface area contributed by atoms with Gasteiger partial charge in [0.1, 0.15) is 0 Å². The zero-order valence-electron chi connectivity index (χ0n) is 30.2. The van der Waals surface area contributed by atoms with Gasteiger partial charge in [-0.25, -0.2) is 19.2 Å². The van der Waals surface area contributed by atoms with Gasteiger partial charge < -0.3 is 25.0 Å². The molecule has 3 saturated carbocycles. The van der Waals surface area contributed by atoms with Crippen molar-refractivity contribution in [1.29, 1.82) is 0 Å². The van der Waals surface area contributed by atoms with Gasteiger partial charge in [0.15, 0.2) is 39.2 Å². The van der Waals surface area contributed by atoms with Crippen LogP contribution in [-0.4, -0.2) is 76.0 Å². The summed E-state index contributed by atoms with van der Waals surface area (Å²) in [6, 6.07) is 13.3. The highest BCUT2D eigenvalue weighted by molar-refractivity contribution is 7.22. The molecule has 1 aliphatic heterocycles. The van der Waals surface area contributed by atoms with Crippen molar-refractivity contribution in [3.63, 3.8) is 0 Å². The first kappa shape index (κ1) is 36.1. The fourth-order valence-corrected chi connectivity index (χ4v) is 10.6. The zero-order valence-corrected chi connectivity index (χ0v) is 31.8. The van der Waals surface area contributed by atoms with Gasteiger partial charge in [0, 0.05) is 40.6 Å². The molecular weight excluding hydrogens is 728 g/mol. The number of ether oxygens (including phenoxy) is 1. The summed E-state index contributed by atoms with van der Waals surface area (Å²) >= 11 is 2.90. The van der Waals surface area contributed by atoms with E-state index in [-0.39, 0.29) is 29.3 Å². The Labute approximate surface area is 319 Å². The number of azide groups is 1. The highest BCUT2D eigenvalue weighted by atomic mass is 32.1. The molecule has 0 unspecified atom stereocenters. The molecule has 3 fully saturated rings. The Morgan fingerprint density at radius 2 is 2.00 bits per heavy atom. The van der Waals surface area contributed by atoms with Crippen LogP contribution in [0.5, 0.6) is 5.75 Å². The van der Waals surface area contributed by atoms with E-state index in [1.54, 1.807) is 23.5 Å². The minimum absolute atomic E-state index is 0.0205. The quantitative estimate of drug-likeness (QED) is 0.0430. The second kappa shape index (κ2) is 14.7. The van der Waals surface area contributed by atoms with Crippen molar-refractivity contribution in [3.8, 4) is 5.75 Å². The number of benzene rings is 2. The van der Waals surface area contributed by atoms with Crippen molar-refractivity contribution in [2.45, 2.75) is 63.7 Å². The molecule has 4 heterocycles. The van der Waals surface area contributed by atoms with E-state index in [9.17, 15) is 9.90 Å². The number of hydrogen-bond donors (Lipinski definition) is 2. The molecule has 3 aliphatic carbocycles. The Morgan fingerprint density at radius 3 is 2.78 bits per heavy atom. The number of carboxylic acid groups (broad SMARTS) is 1. The zero-order chi connectivity index (χ0) is 37.5. The van der Waals surface area contributed by atoms with Gasteiger partial charge in [0.25, 0.3) is 0 Å². The molecule has 3 aromatic heterocycles. The largest absolute Gasteiger partial charge is 0.491 e. The van der Waals surface area contributed by atoms with Crippen molar-refractivity contribution in [1.82, 2.24) is 25.1 Å². The molecule has 9 rings (SSSR count). The van der Waals surface area contributed by atoms with Crippen LogP contribution in [0.3, 0.4) is 0 Å². The molecule has 16 heteroatoms. The van der Waals surface area contributed by atoms with Gasteiger partial charge in [-0.3, -0.25) is 0 Å². The molecule has 4 aliphatic rings. The van der Waals surface area contributed by atoms with Gasteiger partial charge in [-0.05, 0) is 118 Å². The first-order valence-corrected chi connectivity index (χ1v) is 19.9. The van der Waals surface area contributed by atoms with Gasteiger partial charge in [-0.2, -0.15) is 0 Å². The highest BCUT2D eigenvalue weighted by Gasteiger charge is 2.68.